The van der Waals surface area contributed by atoms with Gasteiger partial charge in [-0.1, -0.05) is 54.2 Å². The van der Waals surface area contributed by atoms with Crippen molar-refractivity contribution >= 4 is 51.6 Å². The zero-order valence-electron chi connectivity index (χ0n) is 21.5. The second-order valence-corrected chi connectivity index (χ2v) is 9.95. The van der Waals surface area contributed by atoms with E-state index in [4.69, 9.17) is 18.9 Å². The fourth-order valence-electron chi connectivity index (χ4n) is 4.52. The lowest BCUT2D eigenvalue weighted by molar-refractivity contribution is -0.166. The van der Waals surface area contributed by atoms with E-state index >= 15 is 0 Å². The molecule has 0 N–H and O–H groups in total. The maximum Gasteiger partial charge on any atom is 0.303 e. The minimum atomic E-state index is -1.03. The summed E-state index contributed by atoms with van der Waals surface area (Å²) in [5.74, 6) is -1.05. The van der Waals surface area contributed by atoms with Gasteiger partial charge in [0.2, 0.25) is 0 Å². The number of imidazole rings is 1. The van der Waals surface area contributed by atoms with Crippen LogP contribution in [0.25, 0.3) is 21.9 Å². The molecule has 1 aliphatic rings. The van der Waals surface area contributed by atoms with Gasteiger partial charge in [0.05, 0.1) is 6.33 Å². The minimum Gasteiger partial charge on any atom is -0.463 e. The molecule has 4 atom stereocenters. The number of hydrogen-bond acceptors (Lipinski definition) is 11. The molecular formula is C27H26N4O7S. The van der Waals surface area contributed by atoms with Crippen molar-refractivity contribution < 1.29 is 33.3 Å². The van der Waals surface area contributed by atoms with Crippen LogP contribution in [0, 0.1) is 0 Å². The van der Waals surface area contributed by atoms with Crippen LogP contribution in [0.2, 0.25) is 0 Å². The zero-order chi connectivity index (χ0) is 27.5. The molecule has 0 bridgehead atoms. The number of carbonyl (C=O) groups is 3. The highest BCUT2D eigenvalue weighted by Gasteiger charge is 2.51. The number of esters is 3. The summed E-state index contributed by atoms with van der Waals surface area (Å²) in [6.45, 7) is 3.54. The second-order valence-electron chi connectivity index (χ2n) is 8.99. The molecule has 0 spiro atoms. The van der Waals surface area contributed by atoms with Gasteiger partial charge < -0.3 is 18.9 Å². The van der Waals surface area contributed by atoms with Crippen molar-refractivity contribution in [1.82, 2.24) is 19.5 Å². The Morgan fingerprint density at radius 2 is 1.67 bits per heavy atom. The third-order valence-electron chi connectivity index (χ3n) is 6.13. The van der Waals surface area contributed by atoms with Crippen LogP contribution in [0.1, 0.15) is 32.6 Å². The van der Waals surface area contributed by atoms with Gasteiger partial charge in [-0.05, 0) is 16.3 Å². The Bertz CT molecular complexity index is 1540. The molecule has 4 aromatic rings. The molecule has 5 rings (SSSR count). The lowest BCUT2D eigenvalue weighted by atomic mass is 10.1. The van der Waals surface area contributed by atoms with Crippen LogP contribution in [-0.2, 0) is 39.1 Å². The number of carbonyl (C=O) groups excluding carboxylic acids is 3. The summed E-state index contributed by atoms with van der Waals surface area (Å²) in [4.78, 5) is 48.6. The number of benzene rings is 2. The minimum absolute atomic E-state index is 0.198. The standard InChI is InChI=1S/C27H26N4O7S/c1-15(32)35-11-21-23(36-16(2)33)24(37-17(3)34)27(38-21)31-14-30-22-25(31)28-13-29-26(22)39-12-18-8-9-19-6-4-5-7-20(19)10-18/h4-10,13-14,21,23-24,27H,11-12H2,1-3H3/t21-,23-,24-,27-/m1/s1. The number of nitrogens with zero attached hydrogens (tertiary/aromatic N) is 4. The predicted molar refractivity (Wildman–Crippen MR) is 140 cm³/mol. The maximum atomic E-state index is 12.0. The van der Waals surface area contributed by atoms with E-state index in [2.05, 4.69) is 45.3 Å². The average Bonchev–Trinajstić information content (AvgIpc) is 3.47. The van der Waals surface area contributed by atoms with Crippen LogP contribution in [0.15, 0.2) is 60.1 Å². The van der Waals surface area contributed by atoms with Crippen LogP contribution in [0.4, 0.5) is 0 Å². The second kappa shape index (κ2) is 11.4. The van der Waals surface area contributed by atoms with Crippen molar-refractivity contribution in [3.63, 3.8) is 0 Å². The number of fused-ring (bicyclic) bond motifs is 2. The van der Waals surface area contributed by atoms with Crippen molar-refractivity contribution in [2.45, 2.75) is 56.1 Å². The Morgan fingerprint density at radius 3 is 2.41 bits per heavy atom. The van der Waals surface area contributed by atoms with Crippen LogP contribution >= 0.6 is 11.8 Å². The molecule has 3 heterocycles. The zero-order valence-corrected chi connectivity index (χ0v) is 22.3. The van der Waals surface area contributed by atoms with Crippen molar-refractivity contribution in [3.05, 3.63) is 60.7 Å². The average molecular weight is 551 g/mol. The molecule has 0 unspecified atom stereocenters. The summed E-state index contributed by atoms with van der Waals surface area (Å²) < 4.78 is 23.8. The van der Waals surface area contributed by atoms with Gasteiger partial charge in [0, 0.05) is 26.5 Å². The molecule has 0 saturated carbocycles. The van der Waals surface area contributed by atoms with E-state index in [9.17, 15) is 14.4 Å². The first-order chi connectivity index (χ1) is 18.8. The van der Waals surface area contributed by atoms with E-state index in [0.29, 0.717) is 21.9 Å². The van der Waals surface area contributed by atoms with E-state index in [-0.39, 0.29) is 6.61 Å². The lowest BCUT2D eigenvalue weighted by Gasteiger charge is -2.23. The molecule has 39 heavy (non-hydrogen) atoms. The Kier molecular flexibility index (Phi) is 7.75. The molecule has 12 heteroatoms. The monoisotopic (exact) mass is 550 g/mol. The molecule has 1 aliphatic heterocycles. The summed E-state index contributed by atoms with van der Waals surface area (Å²) >= 11 is 1.52. The van der Waals surface area contributed by atoms with Gasteiger partial charge in [0.15, 0.2) is 24.1 Å². The van der Waals surface area contributed by atoms with E-state index < -0.39 is 42.4 Å². The molecule has 0 aliphatic carbocycles. The molecule has 0 radical (unpaired) electrons. The number of hydrogen-bond donors (Lipinski definition) is 0. The first kappa shape index (κ1) is 26.6. The third kappa shape index (κ3) is 5.86. The van der Waals surface area contributed by atoms with Crippen LogP contribution < -0.4 is 0 Å². The predicted octanol–water partition coefficient (Wildman–Crippen LogP) is 3.60. The maximum absolute atomic E-state index is 12.0. The summed E-state index contributed by atoms with van der Waals surface area (Å²) in [6, 6.07) is 14.5. The number of ether oxygens (including phenoxy) is 4. The van der Waals surface area contributed by atoms with E-state index in [1.807, 2.05) is 12.1 Å². The largest absolute Gasteiger partial charge is 0.463 e. The highest BCUT2D eigenvalue weighted by molar-refractivity contribution is 7.98. The van der Waals surface area contributed by atoms with Gasteiger partial charge in [-0.3, -0.25) is 19.0 Å². The fraction of sp³-hybridized carbons (Fsp3) is 0.333. The molecule has 2 aromatic heterocycles. The molecule has 2 aromatic carbocycles. The van der Waals surface area contributed by atoms with E-state index in [0.717, 1.165) is 10.9 Å². The van der Waals surface area contributed by atoms with Gasteiger partial charge in [0.25, 0.3) is 0 Å². The van der Waals surface area contributed by atoms with Crippen LogP contribution in [0.3, 0.4) is 0 Å². The van der Waals surface area contributed by atoms with Crippen molar-refractivity contribution in [2.24, 2.45) is 0 Å². The molecule has 1 saturated heterocycles. The van der Waals surface area contributed by atoms with Gasteiger partial charge in [-0.25, -0.2) is 15.0 Å². The topological polar surface area (TPSA) is 132 Å². The van der Waals surface area contributed by atoms with Gasteiger partial charge in [-0.15, -0.1) is 0 Å². The van der Waals surface area contributed by atoms with Crippen molar-refractivity contribution in [3.8, 4) is 0 Å². The summed E-state index contributed by atoms with van der Waals surface area (Å²) in [5.41, 5.74) is 2.13. The van der Waals surface area contributed by atoms with Gasteiger partial charge in [-0.2, -0.15) is 0 Å². The number of thioether (sulfide) groups is 1. The summed E-state index contributed by atoms with van der Waals surface area (Å²) in [5, 5.41) is 3.00. The lowest BCUT2D eigenvalue weighted by Crippen LogP contribution is -2.40. The fourth-order valence-corrected chi connectivity index (χ4v) is 5.40. The van der Waals surface area contributed by atoms with Crippen molar-refractivity contribution in [1.29, 1.82) is 0 Å². The van der Waals surface area contributed by atoms with Gasteiger partial charge in [0.1, 0.15) is 29.6 Å². The van der Waals surface area contributed by atoms with Crippen molar-refractivity contribution in [2.75, 3.05) is 6.61 Å². The van der Waals surface area contributed by atoms with E-state index in [1.165, 1.54) is 50.6 Å². The molecule has 202 valence electrons. The molecular weight excluding hydrogens is 524 g/mol. The molecule has 1 fully saturated rings. The third-order valence-corrected chi connectivity index (χ3v) is 7.18. The first-order valence-corrected chi connectivity index (χ1v) is 13.2. The molecule has 0 amide bonds. The Labute approximate surface area is 227 Å². The van der Waals surface area contributed by atoms with Crippen LogP contribution in [0.5, 0.6) is 0 Å². The highest BCUT2D eigenvalue weighted by atomic mass is 32.2. The quantitative estimate of drug-likeness (QED) is 0.138. The Balaban J connectivity index is 1.43. The van der Waals surface area contributed by atoms with Gasteiger partial charge >= 0.3 is 17.9 Å². The smallest absolute Gasteiger partial charge is 0.303 e. The molecule has 11 nitrogen and oxygen atoms in total. The SMILES string of the molecule is CC(=O)OC[C@H]1O[C@@H](n2cnc3c(SCc4ccc5ccccc5c4)ncnc32)[C@H](OC(C)=O)[C@@H]1OC(C)=O. The van der Waals surface area contributed by atoms with Crippen LogP contribution in [-0.4, -0.2) is 62.3 Å². The number of rotatable bonds is 8. The Morgan fingerprint density at radius 1 is 0.923 bits per heavy atom. The first-order valence-electron chi connectivity index (χ1n) is 12.2. The normalized spacial score (nSPS) is 20.7. The highest BCUT2D eigenvalue weighted by Crippen LogP contribution is 2.37. The number of aromatic nitrogens is 4. The summed E-state index contributed by atoms with van der Waals surface area (Å²) in [6.07, 6.45) is -0.937. The van der Waals surface area contributed by atoms with E-state index in [1.54, 1.807) is 4.57 Å². The summed E-state index contributed by atoms with van der Waals surface area (Å²) in [7, 11) is 0. The Hall–Kier alpha value is -4.03.